The number of rotatable bonds is 2. The van der Waals surface area contributed by atoms with E-state index in [2.05, 4.69) is 4.90 Å². The van der Waals surface area contributed by atoms with E-state index in [-0.39, 0.29) is 5.92 Å². The number of anilines is 1. The topological polar surface area (TPSA) is 3.24 Å². The van der Waals surface area contributed by atoms with Gasteiger partial charge in [-0.15, -0.1) is 0 Å². The average Bonchev–Trinajstić information content (AvgIpc) is 2.80. The molecule has 0 aromatic heterocycles. The predicted octanol–water partition coefficient (Wildman–Crippen LogP) is 4.43. The van der Waals surface area contributed by atoms with Gasteiger partial charge in [0.05, 0.1) is 5.56 Å². The highest BCUT2D eigenvalue weighted by Gasteiger charge is 2.35. The summed E-state index contributed by atoms with van der Waals surface area (Å²) in [4.78, 5) is 2.07. The molecule has 1 aliphatic heterocycles. The molecule has 100 valence electrons. The van der Waals surface area contributed by atoms with Crippen LogP contribution in [-0.2, 0) is 6.18 Å². The van der Waals surface area contributed by atoms with Crippen LogP contribution in [0.4, 0.5) is 18.9 Å². The highest BCUT2D eigenvalue weighted by atomic mass is 19.4. The maximum absolute atomic E-state index is 13.1. The molecule has 0 spiro atoms. The zero-order valence-corrected chi connectivity index (χ0v) is 10.7. The van der Waals surface area contributed by atoms with Crippen molar-refractivity contribution in [3.05, 3.63) is 29.3 Å². The molecule has 1 aromatic rings. The predicted molar refractivity (Wildman–Crippen MR) is 67.0 cm³/mol. The van der Waals surface area contributed by atoms with E-state index < -0.39 is 11.7 Å². The highest BCUT2D eigenvalue weighted by Crippen LogP contribution is 2.40. The fourth-order valence-corrected chi connectivity index (χ4v) is 2.64. The lowest BCUT2D eigenvalue weighted by molar-refractivity contribution is -0.138. The highest BCUT2D eigenvalue weighted by molar-refractivity contribution is 5.59. The molecule has 2 rings (SSSR count). The minimum absolute atomic E-state index is 0.126. The Kier molecular flexibility index (Phi) is 3.55. The fourth-order valence-electron chi connectivity index (χ4n) is 2.64. The molecule has 1 aliphatic rings. The van der Waals surface area contributed by atoms with E-state index in [9.17, 15) is 13.2 Å². The van der Waals surface area contributed by atoms with Gasteiger partial charge in [-0.1, -0.05) is 19.9 Å². The quantitative estimate of drug-likeness (QED) is 0.757. The van der Waals surface area contributed by atoms with Crippen LogP contribution < -0.4 is 4.90 Å². The molecule has 0 bridgehead atoms. The van der Waals surface area contributed by atoms with Gasteiger partial charge in [-0.2, -0.15) is 13.2 Å². The van der Waals surface area contributed by atoms with Crippen molar-refractivity contribution in [3.8, 4) is 0 Å². The second-order valence-electron chi connectivity index (χ2n) is 5.08. The minimum Gasteiger partial charge on any atom is -0.371 e. The molecule has 0 unspecified atom stereocenters. The first-order chi connectivity index (χ1) is 8.41. The van der Waals surface area contributed by atoms with Crippen molar-refractivity contribution in [3.63, 3.8) is 0 Å². The molecule has 0 saturated carbocycles. The van der Waals surface area contributed by atoms with Crippen molar-refractivity contribution in [1.82, 2.24) is 0 Å². The molecule has 0 radical (unpaired) electrons. The van der Waals surface area contributed by atoms with Crippen LogP contribution >= 0.6 is 0 Å². The van der Waals surface area contributed by atoms with Gasteiger partial charge in [0, 0.05) is 18.8 Å². The molecule has 1 nitrogen and oxygen atoms in total. The molecule has 1 heterocycles. The second kappa shape index (κ2) is 4.82. The molecule has 1 saturated heterocycles. The second-order valence-corrected chi connectivity index (χ2v) is 5.08. The van der Waals surface area contributed by atoms with Crippen molar-refractivity contribution in [1.29, 1.82) is 0 Å². The van der Waals surface area contributed by atoms with E-state index in [0.717, 1.165) is 31.6 Å². The van der Waals surface area contributed by atoms with E-state index in [1.54, 1.807) is 0 Å². The van der Waals surface area contributed by atoms with E-state index in [0.29, 0.717) is 5.56 Å². The Hall–Kier alpha value is -1.19. The molecular weight excluding hydrogens is 239 g/mol. The summed E-state index contributed by atoms with van der Waals surface area (Å²) in [6.45, 7) is 5.37. The Morgan fingerprint density at radius 2 is 1.72 bits per heavy atom. The molecule has 1 aromatic carbocycles. The normalized spacial score (nSPS) is 16.7. The smallest absolute Gasteiger partial charge is 0.371 e. The number of halogens is 3. The summed E-state index contributed by atoms with van der Waals surface area (Å²) in [6.07, 6.45) is -2.14. The van der Waals surface area contributed by atoms with Crippen molar-refractivity contribution >= 4 is 5.69 Å². The maximum Gasteiger partial charge on any atom is 0.416 e. The summed E-state index contributed by atoms with van der Waals surface area (Å²) in [5.74, 6) is -0.126. The summed E-state index contributed by atoms with van der Waals surface area (Å²) >= 11 is 0. The first-order valence-electron chi connectivity index (χ1n) is 6.36. The van der Waals surface area contributed by atoms with Gasteiger partial charge in [-0.05, 0) is 36.5 Å². The van der Waals surface area contributed by atoms with Crippen LogP contribution in [0.2, 0.25) is 0 Å². The molecule has 18 heavy (non-hydrogen) atoms. The molecule has 0 N–H and O–H groups in total. The zero-order chi connectivity index (χ0) is 13.3. The Labute approximate surface area is 106 Å². The SMILES string of the molecule is CC(C)c1c(N2CCCC2)cccc1C(F)(F)F. The van der Waals surface area contributed by atoms with Crippen LogP contribution in [0.3, 0.4) is 0 Å². The lowest BCUT2D eigenvalue weighted by atomic mass is 9.94. The molecule has 0 aliphatic carbocycles. The first-order valence-corrected chi connectivity index (χ1v) is 6.36. The first kappa shape index (κ1) is 13.2. The van der Waals surface area contributed by atoms with Crippen molar-refractivity contribution in [2.75, 3.05) is 18.0 Å². The number of nitrogens with zero attached hydrogens (tertiary/aromatic N) is 1. The lowest BCUT2D eigenvalue weighted by Crippen LogP contribution is -2.22. The zero-order valence-electron chi connectivity index (χ0n) is 10.7. The third kappa shape index (κ3) is 2.47. The van der Waals surface area contributed by atoms with Crippen LogP contribution in [-0.4, -0.2) is 13.1 Å². The van der Waals surface area contributed by atoms with Crippen molar-refractivity contribution in [2.45, 2.75) is 38.8 Å². The summed E-state index contributed by atoms with van der Waals surface area (Å²) in [7, 11) is 0. The van der Waals surface area contributed by atoms with Crippen molar-refractivity contribution in [2.24, 2.45) is 0 Å². The summed E-state index contributed by atoms with van der Waals surface area (Å²) in [5.41, 5.74) is 0.714. The summed E-state index contributed by atoms with van der Waals surface area (Å²) in [5, 5.41) is 0. The van der Waals surface area contributed by atoms with E-state index in [1.807, 2.05) is 19.9 Å². The van der Waals surface area contributed by atoms with E-state index in [4.69, 9.17) is 0 Å². The van der Waals surface area contributed by atoms with Gasteiger partial charge in [-0.25, -0.2) is 0 Å². The number of benzene rings is 1. The van der Waals surface area contributed by atoms with Gasteiger partial charge in [0.2, 0.25) is 0 Å². The van der Waals surface area contributed by atoms with Gasteiger partial charge in [-0.3, -0.25) is 0 Å². The Morgan fingerprint density at radius 1 is 1.11 bits per heavy atom. The van der Waals surface area contributed by atoms with Crippen LogP contribution in [0.15, 0.2) is 18.2 Å². The Morgan fingerprint density at radius 3 is 2.22 bits per heavy atom. The number of alkyl halides is 3. The van der Waals surface area contributed by atoms with Crippen LogP contribution in [0, 0.1) is 0 Å². The molecular formula is C14H18F3N. The van der Waals surface area contributed by atoms with Crippen LogP contribution in [0.5, 0.6) is 0 Å². The standard InChI is InChI=1S/C14H18F3N/c1-10(2)13-11(14(15,16)17)6-5-7-12(13)18-8-3-4-9-18/h5-7,10H,3-4,8-9H2,1-2H3. The molecule has 4 heteroatoms. The van der Waals surface area contributed by atoms with Gasteiger partial charge in [0.15, 0.2) is 0 Å². The Bertz CT molecular complexity index is 418. The van der Waals surface area contributed by atoms with Gasteiger partial charge < -0.3 is 4.90 Å². The van der Waals surface area contributed by atoms with E-state index >= 15 is 0 Å². The third-order valence-corrected chi connectivity index (χ3v) is 3.41. The Balaban J connectivity index is 2.52. The molecule has 0 atom stereocenters. The van der Waals surface area contributed by atoms with Crippen LogP contribution in [0.1, 0.15) is 43.7 Å². The molecule has 0 amide bonds. The fraction of sp³-hybridized carbons (Fsp3) is 0.571. The minimum atomic E-state index is -4.27. The lowest BCUT2D eigenvalue weighted by Gasteiger charge is -2.26. The number of hydrogen-bond donors (Lipinski definition) is 0. The summed E-state index contributed by atoms with van der Waals surface area (Å²) < 4.78 is 39.2. The van der Waals surface area contributed by atoms with Crippen LogP contribution in [0.25, 0.3) is 0 Å². The monoisotopic (exact) mass is 257 g/mol. The maximum atomic E-state index is 13.1. The van der Waals surface area contributed by atoms with Gasteiger partial charge in [0.25, 0.3) is 0 Å². The third-order valence-electron chi connectivity index (χ3n) is 3.41. The van der Waals surface area contributed by atoms with Gasteiger partial charge >= 0.3 is 6.18 Å². The summed E-state index contributed by atoms with van der Waals surface area (Å²) in [6, 6.07) is 4.52. The average molecular weight is 257 g/mol. The van der Waals surface area contributed by atoms with E-state index in [1.165, 1.54) is 12.1 Å². The van der Waals surface area contributed by atoms with Crippen molar-refractivity contribution < 1.29 is 13.2 Å². The van der Waals surface area contributed by atoms with Gasteiger partial charge in [0.1, 0.15) is 0 Å². The number of hydrogen-bond acceptors (Lipinski definition) is 1. The molecule has 1 fully saturated rings. The largest absolute Gasteiger partial charge is 0.416 e.